The van der Waals surface area contributed by atoms with Crippen molar-refractivity contribution in [2.75, 3.05) is 5.32 Å². The average molecular weight is 272 g/mol. The molecule has 0 saturated carbocycles. The Morgan fingerprint density at radius 3 is 2.93 bits per heavy atom. The van der Waals surface area contributed by atoms with Crippen LogP contribution in [-0.2, 0) is 4.79 Å². The number of aromatic nitrogens is 1. The van der Waals surface area contributed by atoms with Crippen molar-refractivity contribution in [2.45, 2.75) is 25.8 Å². The molecule has 0 radical (unpaired) electrons. The van der Waals surface area contributed by atoms with E-state index >= 15 is 0 Å². The molecule has 1 unspecified atom stereocenters. The molecule has 0 aliphatic carbocycles. The summed E-state index contributed by atoms with van der Waals surface area (Å²) in [4.78, 5) is 15.5. The van der Waals surface area contributed by atoms with Crippen LogP contribution in [-0.4, -0.2) is 16.9 Å². The van der Waals surface area contributed by atoms with Gasteiger partial charge in [-0.3, -0.25) is 4.79 Å². The van der Waals surface area contributed by atoms with Crippen LogP contribution in [0.15, 0.2) is 22.9 Å². The van der Waals surface area contributed by atoms with Crippen molar-refractivity contribution < 1.29 is 4.79 Å². The van der Waals surface area contributed by atoms with Gasteiger partial charge in [0.2, 0.25) is 5.91 Å². The molecule has 0 aromatic carbocycles. The summed E-state index contributed by atoms with van der Waals surface area (Å²) >= 11 is 3.22. The van der Waals surface area contributed by atoms with E-state index in [1.54, 1.807) is 18.3 Å². The number of halogens is 1. The molecule has 0 aliphatic heterocycles. The van der Waals surface area contributed by atoms with Crippen LogP contribution in [0.5, 0.6) is 0 Å². The number of nitrogens with one attached hydrogen (secondary N) is 1. The van der Waals surface area contributed by atoms with Gasteiger partial charge < -0.3 is 11.1 Å². The Balaban J connectivity index is 2.54. The minimum atomic E-state index is -0.446. The molecule has 1 heterocycles. The standard InChI is InChI=1S/C10H14BrN3O/c1-2-3-8(12)10(15)14-7-4-5-9(11)13-6-7/h4-6,8H,2-3,12H2,1H3,(H,14,15). The lowest BCUT2D eigenvalue weighted by molar-refractivity contribution is -0.117. The van der Waals surface area contributed by atoms with Gasteiger partial charge in [0.1, 0.15) is 4.60 Å². The second-order valence-electron chi connectivity index (χ2n) is 3.25. The van der Waals surface area contributed by atoms with E-state index in [1.165, 1.54) is 0 Å². The SMILES string of the molecule is CCCC(N)C(=O)Nc1ccc(Br)nc1. The van der Waals surface area contributed by atoms with Crippen LogP contribution in [0.3, 0.4) is 0 Å². The number of hydrogen-bond acceptors (Lipinski definition) is 3. The van der Waals surface area contributed by atoms with Crippen molar-refractivity contribution in [3.8, 4) is 0 Å². The Kier molecular flexibility index (Phi) is 4.71. The van der Waals surface area contributed by atoms with E-state index in [1.807, 2.05) is 6.92 Å². The molecule has 1 amide bonds. The lowest BCUT2D eigenvalue weighted by Crippen LogP contribution is -2.35. The number of anilines is 1. The summed E-state index contributed by atoms with van der Waals surface area (Å²) in [6, 6.07) is 3.09. The van der Waals surface area contributed by atoms with Gasteiger partial charge in [-0.2, -0.15) is 0 Å². The maximum atomic E-state index is 11.5. The average Bonchev–Trinajstić information content (AvgIpc) is 2.22. The fourth-order valence-electron chi connectivity index (χ4n) is 1.13. The first-order valence-electron chi connectivity index (χ1n) is 4.81. The number of rotatable bonds is 4. The molecule has 4 nitrogen and oxygen atoms in total. The van der Waals surface area contributed by atoms with E-state index in [4.69, 9.17) is 5.73 Å². The minimum absolute atomic E-state index is 0.166. The molecule has 15 heavy (non-hydrogen) atoms. The van der Waals surface area contributed by atoms with Crippen LogP contribution in [0.4, 0.5) is 5.69 Å². The van der Waals surface area contributed by atoms with Gasteiger partial charge in [-0.1, -0.05) is 13.3 Å². The van der Waals surface area contributed by atoms with Crippen molar-refractivity contribution in [2.24, 2.45) is 5.73 Å². The van der Waals surface area contributed by atoms with Crippen molar-refractivity contribution in [1.82, 2.24) is 4.98 Å². The zero-order chi connectivity index (χ0) is 11.3. The maximum Gasteiger partial charge on any atom is 0.241 e. The maximum absolute atomic E-state index is 11.5. The third kappa shape index (κ3) is 3.97. The topological polar surface area (TPSA) is 68.0 Å². The Labute approximate surface area is 97.4 Å². The Hall–Kier alpha value is -0.940. The molecule has 0 aliphatic rings. The number of nitrogens with zero attached hydrogens (tertiary/aromatic N) is 1. The monoisotopic (exact) mass is 271 g/mol. The molecule has 82 valence electrons. The number of amides is 1. The first kappa shape index (κ1) is 12.1. The molecule has 5 heteroatoms. The molecule has 1 atom stereocenters. The predicted molar refractivity (Wildman–Crippen MR) is 63.5 cm³/mol. The van der Waals surface area contributed by atoms with Gasteiger partial charge in [0.25, 0.3) is 0 Å². The van der Waals surface area contributed by atoms with Gasteiger partial charge in [0.05, 0.1) is 17.9 Å². The zero-order valence-corrected chi connectivity index (χ0v) is 10.1. The summed E-state index contributed by atoms with van der Waals surface area (Å²) in [5, 5.41) is 2.71. The Morgan fingerprint density at radius 1 is 1.67 bits per heavy atom. The second kappa shape index (κ2) is 5.82. The fraction of sp³-hybridized carbons (Fsp3) is 0.400. The van der Waals surface area contributed by atoms with Crippen molar-refractivity contribution >= 4 is 27.5 Å². The molecule has 1 aromatic heterocycles. The molecular formula is C10H14BrN3O. The van der Waals surface area contributed by atoms with E-state index in [0.717, 1.165) is 11.0 Å². The number of nitrogens with two attached hydrogens (primary N) is 1. The van der Waals surface area contributed by atoms with Crippen LogP contribution in [0, 0.1) is 0 Å². The van der Waals surface area contributed by atoms with Crippen LogP contribution >= 0.6 is 15.9 Å². The van der Waals surface area contributed by atoms with E-state index < -0.39 is 6.04 Å². The van der Waals surface area contributed by atoms with Crippen LogP contribution in [0.2, 0.25) is 0 Å². The Bertz CT molecular complexity index is 326. The first-order chi connectivity index (χ1) is 7.13. The van der Waals surface area contributed by atoms with Gasteiger partial charge in [-0.25, -0.2) is 4.98 Å². The minimum Gasteiger partial charge on any atom is -0.323 e. The lowest BCUT2D eigenvalue weighted by Gasteiger charge is -2.10. The van der Waals surface area contributed by atoms with E-state index in [2.05, 4.69) is 26.2 Å². The fourth-order valence-corrected chi connectivity index (χ4v) is 1.36. The number of carbonyl (C=O) groups excluding carboxylic acids is 1. The highest BCUT2D eigenvalue weighted by Gasteiger charge is 2.11. The van der Waals surface area contributed by atoms with Gasteiger partial charge in [-0.15, -0.1) is 0 Å². The highest BCUT2D eigenvalue weighted by molar-refractivity contribution is 9.10. The largest absolute Gasteiger partial charge is 0.323 e. The van der Waals surface area contributed by atoms with Crippen molar-refractivity contribution in [3.63, 3.8) is 0 Å². The molecule has 1 rings (SSSR count). The van der Waals surface area contributed by atoms with Gasteiger partial charge in [0.15, 0.2) is 0 Å². The van der Waals surface area contributed by atoms with Gasteiger partial charge >= 0.3 is 0 Å². The molecule has 3 N–H and O–H groups in total. The summed E-state index contributed by atoms with van der Waals surface area (Å²) in [5.41, 5.74) is 6.33. The molecule has 0 bridgehead atoms. The summed E-state index contributed by atoms with van der Waals surface area (Å²) in [6.45, 7) is 1.99. The zero-order valence-electron chi connectivity index (χ0n) is 8.53. The summed E-state index contributed by atoms with van der Waals surface area (Å²) in [7, 11) is 0. The summed E-state index contributed by atoms with van der Waals surface area (Å²) < 4.78 is 0.735. The highest BCUT2D eigenvalue weighted by Crippen LogP contribution is 2.10. The van der Waals surface area contributed by atoms with Gasteiger partial charge in [-0.05, 0) is 34.5 Å². The third-order valence-electron chi connectivity index (χ3n) is 1.93. The third-order valence-corrected chi connectivity index (χ3v) is 2.40. The van der Waals surface area contributed by atoms with Crippen molar-refractivity contribution in [3.05, 3.63) is 22.9 Å². The lowest BCUT2D eigenvalue weighted by atomic mass is 10.1. The van der Waals surface area contributed by atoms with E-state index in [9.17, 15) is 4.79 Å². The number of carbonyl (C=O) groups is 1. The molecule has 0 fully saturated rings. The first-order valence-corrected chi connectivity index (χ1v) is 5.60. The second-order valence-corrected chi connectivity index (χ2v) is 4.07. The quantitative estimate of drug-likeness (QED) is 0.823. The Morgan fingerprint density at radius 2 is 2.40 bits per heavy atom. The highest BCUT2D eigenvalue weighted by atomic mass is 79.9. The van der Waals surface area contributed by atoms with Crippen LogP contribution in [0.25, 0.3) is 0 Å². The summed E-state index contributed by atoms with van der Waals surface area (Å²) in [5.74, 6) is -0.166. The van der Waals surface area contributed by atoms with Crippen LogP contribution < -0.4 is 11.1 Å². The van der Waals surface area contributed by atoms with Crippen molar-refractivity contribution in [1.29, 1.82) is 0 Å². The predicted octanol–water partition coefficient (Wildman–Crippen LogP) is 1.91. The number of hydrogen-bond donors (Lipinski definition) is 2. The smallest absolute Gasteiger partial charge is 0.241 e. The molecule has 1 aromatic rings. The van der Waals surface area contributed by atoms with E-state index in [0.29, 0.717) is 12.1 Å². The summed E-state index contributed by atoms with van der Waals surface area (Å²) in [6.07, 6.45) is 3.17. The van der Waals surface area contributed by atoms with Crippen LogP contribution in [0.1, 0.15) is 19.8 Å². The molecule has 0 spiro atoms. The molecular weight excluding hydrogens is 258 g/mol. The normalized spacial score (nSPS) is 12.2. The van der Waals surface area contributed by atoms with E-state index in [-0.39, 0.29) is 5.91 Å². The molecule has 0 saturated heterocycles. The van der Waals surface area contributed by atoms with Gasteiger partial charge in [0, 0.05) is 0 Å². The number of pyridine rings is 1.